The van der Waals surface area contributed by atoms with E-state index in [9.17, 15) is 8.42 Å². The van der Waals surface area contributed by atoms with Crippen molar-refractivity contribution in [3.05, 3.63) is 35.4 Å². The van der Waals surface area contributed by atoms with Crippen LogP contribution in [0.1, 0.15) is 17.5 Å². The fourth-order valence-electron chi connectivity index (χ4n) is 2.49. The predicted molar refractivity (Wildman–Crippen MR) is 69.6 cm³/mol. The second kappa shape index (κ2) is 4.42. The van der Waals surface area contributed by atoms with Crippen molar-refractivity contribution in [1.29, 1.82) is 0 Å². The molecule has 1 atom stereocenters. The first-order valence-electron chi connectivity index (χ1n) is 5.91. The Morgan fingerprint density at radius 1 is 1.29 bits per heavy atom. The van der Waals surface area contributed by atoms with Gasteiger partial charge in [-0.05, 0) is 31.9 Å². The fraction of sp³-hybridized carbons (Fsp3) is 0.538. The molecule has 2 N–H and O–H groups in total. The molecule has 1 aliphatic heterocycles. The van der Waals surface area contributed by atoms with Gasteiger partial charge in [0.2, 0.25) is 0 Å². The van der Waals surface area contributed by atoms with Crippen LogP contribution in [0.2, 0.25) is 0 Å². The monoisotopic (exact) mass is 253 g/mol. The molecule has 2 rings (SSSR count). The second-order valence-electron chi connectivity index (χ2n) is 5.21. The third-order valence-electron chi connectivity index (χ3n) is 3.60. The topological polar surface area (TPSA) is 60.2 Å². The van der Waals surface area contributed by atoms with Crippen LogP contribution in [0.15, 0.2) is 24.3 Å². The molecule has 0 aliphatic carbocycles. The molecule has 0 bridgehead atoms. The number of benzene rings is 1. The van der Waals surface area contributed by atoms with Crippen LogP contribution in [0.25, 0.3) is 0 Å². The third kappa shape index (κ3) is 2.87. The zero-order valence-corrected chi connectivity index (χ0v) is 11.0. The predicted octanol–water partition coefficient (Wildman–Crippen LogP) is 1.30. The molecule has 1 heterocycles. The van der Waals surface area contributed by atoms with E-state index >= 15 is 0 Å². The highest BCUT2D eigenvalue weighted by Gasteiger charge is 2.41. The van der Waals surface area contributed by atoms with Crippen LogP contribution < -0.4 is 5.73 Å². The molecule has 94 valence electrons. The van der Waals surface area contributed by atoms with Crippen molar-refractivity contribution in [2.75, 3.05) is 18.1 Å². The van der Waals surface area contributed by atoms with E-state index in [0.717, 1.165) is 6.42 Å². The maximum absolute atomic E-state index is 11.6. The molecule has 0 spiro atoms. The lowest BCUT2D eigenvalue weighted by Gasteiger charge is -2.25. The van der Waals surface area contributed by atoms with Crippen LogP contribution in [-0.2, 0) is 16.3 Å². The normalized spacial score (nSPS) is 27.2. The van der Waals surface area contributed by atoms with Crippen molar-refractivity contribution in [2.24, 2.45) is 11.1 Å². The summed E-state index contributed by atoms with van der Waals surface area (Å²) in [6.45, 7) is 2.49. The second-order valence-corrected chi connectivity index (χ2v) is 7.39. The van der Waals surface area contributed by atoms with Gasteiger partial charge in [0.15, 0.2) is 9.84 Å². The van der Waals surface area contributed by atoms with E-state index in [1.54, 1.807) is 0 Å². The summed E-state index contributed by atoms with van der Waals surface area (Å²) in [5.41, 5.74) is 7.96. The molecule has 1 fully saturated rings. The number of sulfone groups is 1. The standard InChI is InChI=1S/C13H19NO2S/c1-11-2-4-12(5-3-11)8-13(9-14)6-7-17(15,16)10-13/h2-5H,6-10,14H2,1H3. The van der Waals surface area contributed by atoms with Crippen LogP contribution >= 0.6 is 0 Å². The third-order valence-corrected chi connectivity index (χ3v) is 5.48. The first kappa shape index (κ1) is 12.6. The van der Waals surface area contributed by atoms with Gasteiger partial charge in [-0.3, -0.25) is 0 Å². The van der Waals surface area contributed by atoms with E-state index in [1.165, 1.54) is 11.1 Å². The van der Waals surface area contributed by atoms with E-state index in [0.29, 0.717) is 13.0 Å². The molecule has 1 saturated heterocycles. The zero-order chi connectivity index (χ0) is 12.5. The van der Waals surface area contributed by atoms with Crippen LogP contribution in [0.5, 0.6) is 0 Å². The fourth-order valence-corrected chi connectivity index (χ4v) is 4.68. The first-order chi connectivity index (χ1) is 7.95. The molecular weight excluding hydrogens is 234 g/mol. The van der Waals surface area contributed by atoms with Gasteiger partial charge in [0.1, 0.15) is 0 Å². The highest BCUT2D eigenvalue weighted by molar-refractivity contribution is 7.91. The number of hydrogen-bond donors (Lipinski definition) is 1. The summed E-state index contributed by atoms with van der Waals surface area (Å²) in [4.78, 5) is 0. The number of aryl methyl sites for hydroxylation is 1. The minimum absolute atomic E-state index is 0.240. The van der Waals surface area contributed by atoms with E-state index < -0.39 is 9.84 Å². The maximum Gasteiger partial charge on any atom is 0.150 e. The van der Waals surface area contributed by atoms with Gasteiger partial charge in [-0.1, -0.05) is 29.8 Å². The zero-order valence-electron chi connectivity index (χ0n) is 10.1. The summed E-state index contributed by atoms with van der Waals surface area (Å²) >= 11 is 0. The summed E-state index contributed by atoms with van der Waals surface area (Å²) in [7, 11) is -2.87. The molecule has 0 amide bonds. The molecule has 1 aromatic carbocycles. The Bertz CT molecular complexity index is 493. The van der Waals surface area contributed by atoms with Crippen LogP contribution in [0, 0.1) is 12.3 Å². The number of nitrogens with two attached hydrogens (primary N) is 1. The van der Waals surface area contributed by atoms with Gasteiger partial charge >= 0.3 is 0 Å². The largest absolute Gasteiger partial charge is 0.330 e. The lowest BCUT2D eigenvalue weighted by molar-refractivity contribution is 0.344. The van der Waals surface area contributed by atoms with Gasteiger partial charge in [0, 0.05) is 5.41 Å². The quantitative estimate of drug-likeness (QED) is 0.883. The Balaban J connectivity index is 2.18. The van der Waals surface area contributed by atoms with Gasteiger partial charge in [-0.15, -0.1) is 0 Å². The van der Waals surface area contributed by atoms with Crippen molar-refractivity contribution < 1.29 is 8.42 Å². The molecular formula is C13H19NO2S. The lowest BCUT2D eigenvalue weighted by Crippen LogP contribution is -2.34. The number of rotatable bonds is 3. The first-order valence-corrected chi connectivity index (χ1v) is 7.73. The highest BCUT2D eigenvalue weighted by Crippen LogP contribution is 2.34. The maximum atomic E-state index is 11.6. The molecule has 0 radical (unpaired) electrons. The van der Waals surface area contributed by atoms with E-state index in [4.69, 9.17) is 5.73 Å². The van der Waals surface area contributed by atoms with Crippen LogP contribution in [-0.4, -0.2) is 26.5 Å². The summed E-state index contributed by atoms with van der Waals surface area (Å²) in [6, 6.07) is 8.25. The molecule has 17 heavy (non-hydrogen) atoms. The van der Waals surface area contributed by atoms with Crippen molar-refractivity contribution in [3.63, 3.8) is 0 Å². The van der Waals surface area contributed by atoms with Gasteiger partial charge in [-0.2, -0.15) is 0 Å². The Kier molecular flexibility index (Phi) is 3.27. The Morgan fingerprint density at radius 3 is 2.41 bits per heavy atom. The average molecular weight is 253 g/mol. The van der Waals surface area contributed by atoms with Gasteiger partial charge < -0.3 is 5.73 Å². The average Bonchev–Trinajstić information content (AvgIpc) is 2.59. The van der Waals surface area contributed by atoms with Crippen molar-refractivity contribution in [2.45, 2.75) is 19.8 Å². The molecule has 4 heteroatoms. The SMILES string of the molecule is Cc1ccc(CC2(CN)CCS(=O)(=O)C2)cc1. The molecule has 0 aromatic heterocycles. The summed E-state index contributed by atoms with van der Waals surface area (Å²) in [6.07, 6.45) is 1.46. The molecule has 1 aliphatic rings. The summed E-state index contributed by atoms with van der Waals surface area (Å²) in [5.74, 6) is 0.528. The molecule has 3 nitrogen and oxygen atoms in total. The highest BCUT2D eigenvalue weighted by atomic mass is 32.2. The van der Waals surface area contributed by atoms with Crippen LogP contribution in [0.3, 0.4) is 0 Å². The van der Waals surface area contributed by atoms with Gasteiger partial charge in [-0.25, -0.2) is 8.42 Å². The van der Waals surface area contributed by atoms with Gasteiger partial charge in [0.25, 0.3) is 0 Å². The van der Waals surface area contributed by atoms with Crippen molar-refractivity contribution >= 4 is 9.84 Å². The Morgan fingerprint density at radius 2 is 1.94 bits per heavy atom. The van der Waals surface area contributed by atoms with Crippen LogP contribution in [0.4, 0.5) is 0 Å². The van der Waals surface area contributed by atoms with Gasteiger partial charge in [0.05, 0.1) is 11.5 Å². The molecule has 0 saturated carbocycles. The minimum atomic E-state index is -2.87. The Hall–Kier alpha value is -0.870. The molecule has 1 aromatic rings. The van der Waals surface area contributed by atoms with Crippen molar-refractivity contribution in [1.82, 2.24) is 0 Å². The number of hydrogen-bond acceptors (Lipinski definition) is 3. The van der Waals surface area contributed by atoms with E-state index in [-0.39, 0.29) is 16.9 Å². The minimum Gasteiger partial charge on any atom is -0.330 e. The van der Waals surface area contributed by atoms with E-state index in [1.807, 2.05) is 6.92 Å². The Labute approximate surface area is 103 Å². The lowest BCUT2D eigenvalue weighted by atomic mass is 9.81. The summed E-state index contributed by atoms with van der Waals surface area (Å²) < 4.78 is 23.2. The van der Waals surface area contributed by atoms with E-state index in [2.05, 4.69) is 24.3 Å². The summed E-state index contributed by atoms with van der Waals surface area (Å²) in [5, 5.41) is 0. The molecule has 1 unspecified atom stereocenters. The van der Waals surface area contributed by atoms with Crippen molar-refractivity contribution in [3.8, 4) is 0 Å². The smallest absolute Gasteiger partial charge is 0.150 e.